The van der Waals surface area contributed by atoms with Crippen molar-refractivity contribution in [3.05, 3.63) is 0 Å². The first-order chi connectivity index (χ1) is 4.63. The molecule has 2 rings (SSSR count). The molecule has 0 amide bonds. The maximum atomic E-state index is 9.22. The van der Waals surface area contributed by atoms with Crippen molar-refractivity contribution in [3.63, 3.8) is 0 Å². The van der Waals surface area contributed by atoms with Crippen LogP contribution in [-0.2, 0) is 9.47 Å². The minimum atomic E-state index is -1.68. The molecule has 5 heteroatoms. The van der Waals surface area contributed by atoms with Crippen molar-refractivity contribution in [1.29, 1.82) is 0 Å². The second kappa shape index (κ2) is 1.69. The monoisotopic (exact) mass is 148 g/mol. The maximum Gasteiger partial charge on any atom is 0.221 e. The van der Waals surface area contributed by atoms with E-state index < -0.39 is 24.3 Å². The molecular formula is C5H8O5. The van der Waals surface area contributed by atoms with Crippen molar-refractivity contribution < 1.29 is 24.8 Å². The van der Waals surface area contributed by atoms with Crippen LogP contribution in [0.4, 0.5) is 0 Å². The Morgan fingerprint density at radius 3 is 2.40 bits per heavy atom. The summed E-state index contributed by atoms with van der Waals surface area (Å²) in [6, 6.07) is 0. The summed E-state index contributed by atoms with van der Waals surface area (Å²) in [5.41, 5.74) is 0. The maximum absolute atomic E-state index is 9.22. The number of hydrogen-bond donors (Lipinski definition) is 3. The van der Waals surface area contributed by atoms with E-state index in [9.17, 15) is 5.11 Å². The lowest BCUT2D eigenvalue weighted by atomic mass is 10.1. The Balaban J connectivity index is 2.25. The van der Waals surface area contributed by atoms with Gasteiger partial charge in [-0.15, -0.1) is 0 Å². The molecule has 0 spiro atoms. The molecule has 2 aliphatic rings. The van der Waals surface area contributed by atoms with Gasteiger partial charge in [-0.2, -0.15) is 0 Å². The molecule has 0 unspecified atom stereocenters. The van der Waals surface area contributed by atoms with Crippen LogP contribution in [0.1, 0.15) is 0 Å². The lowest BCUT2D eigenvalue weighted by Gasteiger charge is -2.24. The third-order valence-electron chi connectivity index (χ3n) is 1.84. The summed E-state index contributed by atoms with van der Waals surface area (Å²) >= 11 is 0. The number of fused-ring (bicyclic) bond motifs is 2. The summed E-state index contributed by atoms with van der Waals surface area (Å²) in [5, 5.41) is 27.3. The summed E-state index contributed by atoms with van der Waals surface area (Å²) in [5.74, 6) is -1.68. The van der Waals surface area contributed by atoms with Crippen LogP contribution in [0, 0.1) is 0 Å². The molecule has 58 valence electrons. The van der Waals surface area contributed by atoms with Gasteiger partial charge in [0.1, 0.15) is 18.8 Å². The smallest absolute Gasteiger partial charge is 0.221 e. The van der Waals surface area contributed by atoms with Crippen molar-refractivity contribution in [3.8, 4) is 0 Å². The fourth-order valence-electron chi connectivity index (χ4n) is 1.21. The number of ether oxygens (including phenoxy) is 2. The predicted molar refractivity (Wildman–Crippen MR) is 27.8 cm³/mol. The molecule has 10 heavy (non-hydrogen) atoms. The van der Waals surface area contributed by atoms with Crippen molar-refractivity contribution in [2.75, 3.05) is 6.61 Å². The highest BCUT2D eigenvalue weighted by Gasteiger charge is 2.59. The Kier molecular flexibility index (Phi) is 1.10. The molecule has 0 saturated carbocycles. The van der Waals surface area contributed by atoms with E-state index in [2.05, 4.69) is 0 Å². The van der Waals surface area contributed by atoms with E-state index in [1.165, 1.54) is 0 Å². The minimum absolute atomic E-state index is 0.0735. The van der Waals surface area contributed by atoms with Gasteiger partial charge in [-0.1, -0.05) is 0 Å². The average molecular weight is 148 g/mol. The Morgan fingerprint density at radius 1 is 1.40 bits per heavy atom. The zero-order valence-corrected chi connectivity index (χ0v) is 5.10. The van der Waals surface area contributed by atoms with Gasteiger partial charge in [-0.3, -0.25) is 0 Å². The molecule has 0 aromatic heterocycles. The van der Waals surface area contributed by atoms with E-state index >= 15 is 0 Å². The lowest BCUT2D eigenvalue weighted by molar-refractivity contribution is -0.196. The molecule has 2 bridgehead atoms. The lowest BCUT2D eigenvalue weighted by Crippen LogP contribution is -2.49. The fourth-order valence-corrected chi connectivity index (χ4v) is 1.21. The van der Waals surface area contributed by atoms with Crippen LogP contribution in [0.3, 0.4) is 0 Å². The van der Waals surface area contributed by atoms with Crippen LogP contribution in [0.25, 0.3) is 0 Å². The molecule has 2 saturated heterocycles. The fraction of sp³-hybridized carbons (Fsp3) is 1.00. The van der Waals surface area contributed by atoms with Crippen molar-refractivity contribution >= 4 is 0 Å². The molecule has 2 fully saturated rings. The van der Waals surface area contributed by atoms with Crippen molar-refractivity contribution in [2.24, 2.45) is 0 Å². The Labute approximate surface area is 56.8 Å². The quantitative estimate of drug-likeness (QED) is 0.363. The van der Waals surface area contributed by atoms with E-state index in [4.69, 9.17) is 19.7 Å². The predicted octanol–water partition coefficient (Wildman–Crippen LogP) is -2.22. The summed E-state index contributed by atoms with van der Waals surface area (Å²) in [4.78, 5) is 0. The first-order valence-corrected chi connectivity index (χ1v) is 3.01. The highest BCUT2D eigenvalue weighted by Crippen LogP contribution is 2.36. The summed E-state index contributed by atoms with van der Waals surface area (Å²) in [6.07, 6.45) is -3.23. The first kappa shape index (κ1) is 6.51. The Hall–Kier alpha value is -0.200. The number of rotatable bonds is 0. The van der Waals surface area contributed by atoms with E-state index in [0.717, 1.165) is 0 Å². The van der Waals surface area contributed by atoms with E-state index in [1.807, 2.05) is 0 Å². The highest BCUT2D eigenvalue weighted by atomic mass is 16.8. The van der Waals surface area contributed by atoms with Gasteiger partial charge in [0.05, 0.1) is 0 Å². The van der Waals surface area contributed by atoms with Crippen LogP contribution in [-0.4, -0.2) is 46.2 Å². The molecule has 4 atom stereocenters. The van der Waals surface area contributed by atoms with Crippen LogP contribution < -0.4 is 0 Å². The number of hydrogen-bond acceptors (Lipinski definition) is 5. The van der Waals surface area contributed by atoms with Crippen LogP contribution in [0.5, 0.6) is 0 Å². The van der Waals surface area contributed by atoms with E-state index in [0.29, 0.717) is 0 Å². The van der Waals surface area contributed by atoms with E-state index in [-0.39, 0.29) is 6.61 Å². The van der Waals surface area contributed by atoms with Gasteiger partial charge >= 0.3 is 0 Å². The summed E-state index contributed by atoms with van der Waals surface area (Å²) in [7, 11) is 0. The molecule has 0 aromatic carbocycles. The topological polar surface area (TPSA) is 79.2 Å². The zero-order valence-electron chi connectivity index (χ0n) is 5.10. The van der Waals surface area contributed by atoms with Gasteiger partial charge in [-0.05, 0) is 0 Å². The van der Waals surface area contributed by atoms with Crippen LogP contribution >= 0.6 is 0 Å². The molecular weight excluding hydrogens is 140 g/mol. The second-order valence-electron chi connectivity index (χ2n) is 2.58. The Bertz CT molecular complexity index is 160. The van der Waals surface area contributed by atoms with Gasteiger partial charge in [0, 0.05) is 0 Å². The normalized spacial score (nSPS) is 59.7. The standard InChI is InChI=1S/C5H8O5/c6-2-3(7)5(8)1-9-4(2)10-5/h2-4,6-8H,1H2/t2-,3+,4-,5-/m1/s1. The number of aliphatic hydroxyl groups is 3. The molecule has 0 radical (unpaired) electrons. The molecule has 0 aliphatic carbocycles. The van der Waals surface area contributed by atoms with Crippen LogP contribution in [0.2, 0.25) is 0 Å². The van der Waals surface area contributed by atoms with Crippen molar-refractivity contribution in [1.82, 2.24) is 0 Å². The number of aliphatic hydroxyl groups excluding tert-OH is 2. The minimum Gasteiger partial charge on any atom is -0.385 e. The SMILES string of the molecule is O[C@H]1[C@@H]2OC[C@@](O)(O2)[C@H]1O. The largest absolute Gasteiger partial charge is 0.385 e. The first-order valence-electron chi connectivity index (χ1n) is 3.01. The molecule has 2 aliphatic heterocycles. The van der Waals surface area contributed by atoms with Gasteiger partial charge in [0.25, 0.3) is 0 Å². The molecule has 0 aromatic rings. The van der Waals surface area contributed by atoms with Crippen LogP contribution in [0.15, 0.2) is 0 Å². The highest BCUT2D eigenvalue weighted by molar-refractivity contribution is 4.96. The summed E-state index contributed by atoms with van der Waals surface area (Å²) in [6.45, 7) is -0.0735. The molecule has 5 nitrogen and oxygen atoms in total. The van der Waals surface area contributed by atoms with Crippen molar-refractivity contribution in [2.45, 2.75) is 24.3 Å². The summed E-state index contributed by atoms with van der Waals surface area (Å²) < 4.78 is 9.47. The molecule has 2 heterocycles. The van der Waals surface area contributed by atoms with Gasteiger partial charge in [0.15, 0.2) is 6.29 Å². The molecule has 3 N–H and O–H groups in total. The van der Waals surface area contributed by atoms with Gasteiger partial charge in [-0.25, -0.2) is 0 Å². The van der Waals surface area contributed by atoms with Gasteiger partial charge < -0.3 is 24.8 Å². The third-order valence-corrected chi connectivity index (χ3v) is 1.84. The average Bonchev–Trinajstić information content (AvgIpc) is 2.35. The van der Waals surface area contributed by atoms with E-state index in [1.54, 1.807) is 0 Å². The third kappa shape index (κ3) is 0.586. The second-order valence-corrected chi connectivity index (χ2v) is 2.58. The zero-order chi connectivity index (χ0) is 7.35. The van der Waals surface area contributed by atoms with Gasteiger partial charge in [0.2, 0.25) is 5.79 Å². The Morgan fingerprint density at radius 2 is 2.10 bits per heavy atom.